The third-order valence-electron chi connectivity index (χ3n) is 5.17. The SMILES string of the molecule is COc1ccc2c(c1OC)C(=O)N1[C@@H]2SC(C)(C)[C@@H]1C(=O)NCCC(C)C. The topological polar surface area (TPSA) is 67.9 Å². The molecule has 0 bridgehead atoms. The van der Waals surface area contributed by atoms with Gasteiger partial charge in [0.2, 0.25) is 5.91 Å². The van der Waals surface area contributed by atoms with Gasteiger partial charge in [-0.2, -0.15) is 0 Å². The fourth-order valence-electron chi connectivity index (χ4n) is 3.84. The summed E-state index contributed by atoms with van der Waals surface area (Å²) in [5, 5.41) is 2.83. The summed E-state index contributed by atoms with van der Waals surface area (Å²) in [6, 6.07) is 3.19. The van der Waals surface area contributed by atoms with E-state index in [0.717, 1.165) is 12.0 Å². The van der Waals surface area contributed by atoms with Crippen molar-refractivity contribution < 1.29 is 19.1 Å². The largest absolute Gasteiger partial charge is 0.493 e. The highest BCUT2D eigenvalue weighted by Crippen LogP contribution is 2.58. The quantitative estimate of drug-likeness (QED) is 0.805. The Balaban J connectivity index is 1.94. The van der Waals surface area contributed by atoms with Gasteiger partial charge in [-0.25, -0.2) is 0 Å². The van der Waals surface area contributed by atoms with Crippen molar-refractivity contribution in [2.75, 3.05) is 20.8 Å². The highest BCUT2D eigenvalue weighted by atomic mass is 32.2. The Bertz CT molecular complexity index is 763. The lowest BCUT2D eigenvalue weighted by Gasteiger charge is -2.29. The smallest absolute Gasteiger partial charge is 0.260 e. The van der Waals surface area contributed by atoms with Gasteiger partial charge in [0.05, 0.1) is 19.8 Å². The Morgan fingerprint density at radius 1 is 1.30 bits per heavy atom. The fourth-order valence-corrected chi connectivity index (χ4v) is 5.42. The number of methoxy groups -OCH3 is 2. The molecule has 1 aromatic carbocycles. The second kappa shape index (κ2) is 7.26. The van der Waals surface area contributed by atoms with Crippen LogP contribution in [0.25, 0.3) is 0 Å². The zero-order chi connectivity index (χ0) is 19.9. The zero-order valence-electron chi connectivity index (χ0n) is 16.8. The molecule has 1 N–H and O–H groups in total. The van der Waals surface area contributed by atoms with Crippen molar-refractivity contribution in [2.45, 2.75) is 50.3 Å². The van der Waals surface area contributed by atoms with E-state index < -0.39 is 6.04 Å². The van der Waals surface area contributed by atoms with E-state index in [-0.39, 0.29) is 21.9 Å². The molecule has 2 atom stereocenters. The first kappa shape index (κ1) is 19.9. The zero-order valence-corrected chi connectivity index (χ0v) is 17.6. The van der Waals surface area contributed by atoms with Crippen LogP contribution in [-0.4, -0.2) is 48.3 Å². The van der Waals surface area contributed by atoms with Gasteiger partial charge >= 0.3 is 0 Å². The molecule has 2 aliphatic rings. The second-order valence-electron chi connectivity index (χ2n) is 7.93. The van der Waals surface area contributed by atoms with E-state index in [0.29, 0.717) is 29.5 Å². The van der Waals surface area contributed by atoms with Gasteiger partial charge in [0, 0.05) is 16.9 Å². The molecule has 0 unspecified atom stereocenters. The number of ether oxygens (including phenoxy) is 2. The molecule has 1 saturated heterocycles. The lowest BCUT2D eigenvalue weighted by Crippen LogP contribution is -2.52. The molecule has 0 saturated carbocycles. The van der Waals surface area contributed by atoms with E-state index in [2.05, 4.69) is 19.2 Å². The lowest BCUT2D eigenvalue weighted by molar-refractivity contribution is -0.126. The standard InChI is InChI=1S/C20H28N2O4S/c1-11(2)9-10-21-17(23)16-20(3,4)27-19-12-7-8-13(25-5)15(26-6)14(12)18(24)22(16)19/h7-8,11,16,19H,9-10H2,1-6H3,(H,21,23)/t16-,19+/m0/s1. The summed E-state index contributed by atoms with van der Waals surface area (Å²) in [6.45, 7) is 8.91. The average Bonchev–Trinajstić information content (AvgIpc) is 3.03. The number of rotatable bonds is 6. The summed E-state index contributed by atoms with van der Waals surface area (Å²) >= 11 is 1.64. The number of carbonyl (C=O) groups excluding carboxylic acids is 2. The molecule has 0 radical (unpaired) electrons. The molecule has 27 heavy (non-hydrogen) atoms. The molecule has 3 rings (SSSR count). The van der Waals surface area contributed by atoms with Crippen LogP contribution in [0.1, 0.15) is 55.4 Å². The van der Waals surface area contributed by atoms with Crippen molar-refractivity contribution in [3.05, 3.63) is 23.3 Å². The van der Waals surface area contributed by atoms with Gasteiger partial charge in [0.25, 0.3) is 5.91 Å². The van der Waals surface area contributed by atoms with Crippen LogP contribution < -0.4 is 14.8 Å². The Labute approximate surface area is 165 Å². The molecule has 0 aromatic heterocycles. The predicted octanol–water partition coefficient (Wildman–Crippen LogP) is 3.21. The van der Waals surface area contributed by atoms with Crippen molar-refractivity contribution in [2.24, 2.45) is 5.92 Å². The van der Waals surface area contributed by atoms with Crippen LogP contribution >= 0.6 is 11.8 Å². The normalized spacial score (nSPS) is 22.6. The van der Waals surface area contributed by atoms with E-state index in [1.54, 1.807) is 23.8 Å². The molecule has 1 aromatic rings. The third-order valence-corrected chi connectivity index (χ3v) is 6.70. The number of carbonyl (C=O) groups is 2. The Morgan fingerprint density at radius 2 is 2.00 bits per heavy atom. The van der Waals surface area contributed by atoms with Gasteiger partial charge in [-0.1, -0.05) is 19.9 Å². The molecule has 0 aliphatic carbocycles. The fraction of sp³-hybridized carbons (Fsp3) is 0.600. The molecule has 2 amide bonds. The molecule has 0 spiro atoms. The van der Waals surface area contributed by atoms with Crippen LogP contribution in [0.3, 0.4) is 0 Å². The summed E-state index contributed by atoms with van der Waals surface area (Å²) in [5.41, 5.74) is 1.39. The first-order chi connectivity index (χ1) is 12.7. The molecule has 148 valence electrons. The minimum absolute atomic E-state index is 0.0947. The maximum absolute atomic E-state index is 13.3. The first-order valence-electron chi connectivity index (χ1n) is 9.26. The van der Waals surface area contributed by atoms with Crippen LogP contribution in [0.5, 0.6) is 11.5 Å². The Morgan fingerprint density at radius 3 is 2.59 bits per heavy atom. The second-order valence-corrected chi connectivity index (χ2v) is 9.66. The predicted molar refractivity (Wildman–Crippen MR) is 106 cm³/mol. The average molecular weight is 393 g/mol. The number of benzene rings is 1. The molecular weight excluding hydrogens is 364 g/mol. The summed E-state index contributed by atoms with van der Waals surface area (Å²) in [6.07, 6.45) is 0.911. The Kier molecular flexibility index (Phi) is 5.34. The van der Waals surface area contributed by atoms with E-state index in [1.165, 1.54) is 7.11 Å². The highest BCUT2D eigenvalue weighted by molar-refractivity contribution is 8.01. The van der Waals surface area contributed by atoms with Gasteiger partial charge in [0.1, 0.15) is 11.4 Å². The number of nitrogens with zero attached hydrogens (tertiary/aromatic N) is 1. The number of fused-ring (bicyclic) bond motifs is 3. The van der Waals surface area contributed by atoms with Crippen molar-refractivity contribution in [3.63, 3.8) is 0 Å². The summed E-state index contributed by atoms with van der Waals surface area (Å²) in [4.78, 5) is 28.0. The molecule has 6 nitrogen and oxygen atoms in total. The number of amides is 2. The van der Waals surface area contributed by atoms with Crippen LogP contribution in [0.15, 0.2) is 12.1 Å². The summed E-state index contributed by atoms with van der Waals surface area (Å²) in [5.74, 6) is 1.20. The van der Waals surface area contributed by atoms with Gasteiger partial charge in [-0.15, -0.1) is 11.8 Å². The number of hydrogen-bond donors (Lipinski definition) is 1. The van der Waals surface area contributed by atoms with Crippen LogP contribution in [-0.2, 0) is 4.79 Å². The van der Waals surface area contributed by atoms with Gasteiger partial charge in [-0.3, -0.25) is 9.59 Å². The van der Waals surface area contributed by atoms with E-state index in [9.17, 15) is 9.59 Å². The van der Waals surface area contributed by atoms with Gasteiger partial charge in [0.15, 0.2) is 11.5 Å². The third kappa shape index (κ3) is 3.26. The number of nitrogens with one attached hydrogen (secondary N) is 1. The summed E-state index contributed by atoms with van der Waals surface area (Å²) < 4.78 is 10.4. The molecular formula is C20H28N2O4S. The highest BCUT2D eigenvalue weighted by Gasteiger charge is 2.58. The molecule has 1 fully saturated rings. The minimum atomic E-state index is -0.532. The maximum atomic E-state index is 13.3. The number of hydrogen-bond acceptors (Lipinski definition) is 5. The number of thioether (sulfide) groups is 1. The molecule has 2 aliphatic heterocycles. The van der Waals surface area contributed by atoms with Crippen molar-refractivity contribution in [1.29, 1.82) is 0 Å². The van der Waals surface area contributed by atoms with E-state index >= 15 is 0 Å². The monoisotopic (exact) mass is 392 g/mol. The van der Waals surface area contributed by atoms with Gasteiger partial charge < -0.3 is 19.7 Å². The van der Waals surface area contributed by atoms with Gasteiger partial charge in [-0.05, 0) is 32.3 Å². The molecule has 2 heterocycles. The van der Waals surface area contributed by atoms with E-state index in [4.69, 9.17) is 9.47 Å². The lowest BCUT2D eigenvalue weighted by atomic mass is 10.0. The van der Waals surface area contributed by atoms with Crippen molar-refractivity contribution >= 4 is 23.6 Å². The minimum Gasteiger partial charge on any atom is -0.493 e. The summed E-state index contributed by atoms with van der Waals surface area (Å²) in [7, 11) is 3.08. The van der Waals surface area contributed by atoms with Crippen molar-refractivity contribution in [1.82, 2.24) is 10.2 Å². The molecule has 7 heteroatoms. The van der Waals surface area contributed by atoms with Crippen LogP contribution in [0.4, 0.5) is 0 Å². The van der Waals surface area contributed by atoms with E-state index in [1.807, 2.05) is 26.0 Å². The van der Waals surface area contributed by atoms with Crippen molar-refractivity contribution in [3.8, 4) is 11.5 Å². The Hall–Kier alpha value is -1.89. The van der Waals surface area contributed by atoms with Crippen LogP contribution in [0.2, 0.25) is 0 Å². The maximum Gasteiger partial charge on any atom is 0.260 e. The first-order valence-corrected chi connectivity index (χ1v) is 10.1. The van der Waals surface area contributed by atoms with Crippen LogP contribution in [0, 0.1) is 5.92 Å².